The molecule has 1 aromatic rings. The van der Waals surface area contributed by atoms with E-state index in [1.54, 1.807) is 0 Å². The lowest BCUT2D eigenvalue weighted by Gasteiger charge is -2.24. The summed E-state index contributed by atoms with van der Waals surface area (Å²) in [5.41, 5.74) is 7.64. The second-order valence-corrected chi connectivity index (χ2v) is 6.44. The van der Waals surface area contributed by atoms with Crippen LogP contribution in [0.2, 0.25) is 0 Å². The van der Waals surface area contributed by atoms with Crippen molar-refractivity contribution < 1.29 is 9.53 Å². The van der Waals surface area contributed by atoms with E-state index >= 15 is 0 Å². The van der Waals surface area contributed by atoms with E-state index in [0.717, 1.165) is 23.3 Å². The van der Waals surface area contributed by atoms with Gasteiger partial charge in [-0.2, -0.15) is 0 Å². The van der Waals surface area contributed by atoms with Crippen LogP contribution in [0.4, 0.5) is 0 Å². The van der Waals surface area contributed by atoms with Gasteiger partial charge >= 0.3 is 0 Å². The molecule has 126 valence electrons. The molecule has 0 radical (unpaired) electrons. The first-order valence-electron chi connectivity index (χ1n) is 7.54. The Kier molecular flexibility index (Phi) is 8.49. The number of benzene rings is 1. The summed E-state index contributed by atoms with van der Waals surface area (Å²) in [6, 6.07) is 5.57. The molecule has 4 nitrogen and oxygen atoms in total. The van der Waals surface area contributed by atoms with Gasteiger partial charge in [-0.25, -0.2) is 0 Å². The lowest BCUT2D eigenvalue weighted by Crippen LogP contribution is -2.40. The van der Waals surface area contributed by atoms with Crippen molar-refractivity contribution in [2.24, 2.45) is 5.73 Å². The molecule has 22 heavy (non-hydrogen) atoms. The molecule has 0 aliphatic heterocycles. The molecule has 0 aliphatic rings. The first-order chi connectivity index (χ1) is 9.73. The average molecular weight is 329 g/mol. The summed E-state index contributed by atoms with van der Waals surface area (Å²) in [6.45, 7) is 10.5. The highest BCUT2D eigenvalue weighted by Crippen LogP contribution is 2.24. The molecule has 0 spiro atoms. The highest BCUT2D eigenvalue weighted by Gasteiger charge is 2.16. The van der Waals surface area contributed by atoms with Crippen molar-refractivity contribution in [2.45, 2.75) is 65.6 Å². The highest BCUT2D eigenvalue weighted by atomic mass is 35.5. The molecular weight excluding hydrogens is 300 g/mol. The van der Waals surface area contributed by atoms with Gasteiger partial charge in [-0.15, -0.1) is 12.4 Å². The summed E-state index contributed by atoms with van der Waals surface area (Å²) in [6.07, 6.45) is 1.60. The molecule has 5 heteroatoms. The fraction of sp³-hybridized carbons (Fsp3) is 0.588. The fourth-order valence-electron chi connectivity index (χ4n) is 1.99. The molecule has 1 aromatic carbocycles. The van der Waals surface area contributed by atoms with Crippen LogP contribution in [-0.2, 0) is 11.3 Å². The number of nitrogens with one attached hydrogen (secondary N) is 1. The van der Waals surface area contributed by atoms with Crippen molar-refractivity contribution >= 4 is 18.3 Å². The van der Waals surface area contributed by atoms with Crippen molar-refractivity contribution in [1.29, 1.82) is 0 Å². The van der Waals surface area contributed by atoms with Crippen LogP contribution in [0.5, 0.6) is 5.75 Å². The van der Waals surface area contributed by atoms with E-state index in [-0.39, 0.29) is 23.9 Å². The van der Waals surface area contributed by atoms with Crippen molar-refractivity contribution in [3.63, 3.8) is 0 Å². The van der Waals surface area contributed by atoms with E-state index in [1.165, 1.54) is 0 Å². The molecule has 0 aromatic heterocycles. The van der Waals surface area contributed by atoms with Crippen LogP contribution in [0, 0.1) is 6.92 Å². The van der Waals surface area contributed by atoms with Gasteiger partial charge in [0.15, 0.2) is 0 Å². The minimum absolute atomic E-state index is 0. The van der Waals surface area contributed by atoms with Crippen LogP contribution in [0.15, 0.2) is 18.2 Å². The third kappa shape index (κ3) is 7.14. The molecule has 3 N–H and O–H groups in total. The molecule has 0 bridgehead atoms. The van der Waals surface area contributed by atoms with E-state index < -0.39 is 6.04 Å². The number of rotatable bonds is 6. The van der Waals surface area contributed by atoms with Crippen LogP contribution in [-0.4, -0.2) is 17.6 Å². The molecule has 0 heterocycles. The summed E-state index contributed by atoms with van der Waals surface area (Å²) < 4.78 is 5.97. The van der Waals surface area contributed by atoms with Gasteiger partial charge in [-0.3, -0.25) is 4.79 Å². The number of amides is 1. The van der Waals surface area contributed by atoms with Gasteiger partial charge in [0, 0.05) is 12.1 Å². The van der Waals surface area contributed by atoms with Gasteiger partial charge in [-0.1, -0.05) is 25.5 Å². The number of aryl methyl sites for hydroxylation is 1. The maximum atomic E-state index is 11.9. The highest BCUT2D eigenvalue weighted by molar-refractivity contribution is 5.85. The van der Waals surface area contributed by atoms with Crippen LogP contribution in [0.1, 0.15) is 51.7 Å². The number of halogens is 1. The number of carbonyl (C=O) groups is 1. The van der Waals surface area contributed by atoms with Crippen molar-refractivity contribution in [3.05, 3.63) is 29.3 Å². The minimum Gasteiger partial charge on any atom is -0.488 e. The van der Waals surface area contributed by atoms with Crippen LogP contribution >= 0.6 is 12.4 Å². The molecule has 1 unspecified atom stereocenters. The number of hydrogen-bond donors (Lipinski definition) is 2. The maximum absolute atomic E-state index is 11.9. The van der Waals surface area contributed by atoms with E-state index in [2.05, 4.69) is 5.32 Å². The smallest absolute Gasteiger partial charge is 0.237 e. The summed E-state index contributed by atoms with van der Waals surface area (Å²) in [5, 5.41) is 2.89. The van der Waals surface area contributed by atoms with Gasteiger partial charge in [-0.05, 0) is 45.7 Å². The number of hydrogen-bond acceptors (Lipinski definition) is 3. The van der Waals surface area contributed by atoms with E-state index in [9.17, 15) is 4.79 Å². The van der Waals surface area contributed by atoms with E-state index in [4.69, 9.17) is 10.5 Å². The third-order valence-electron chi connectivity index (χ3n) is 3.03. The lowest BCUT2D eigenvalue weighted by molar-refractivity contribution is -0.122. The SMILES string of the molecule is CCCC(N)C(=O)NCc1ccc(C)cc1OC(C)(C)C.Cl. The zero-order valence-corrected chi connectivity index (χ0v) is 15.0. The minimum atomic E-state index is -0.438. The molecule has 1 atom stereocenters. The Morgan fingerprint density at radius 3 is 2.55 bits per heavy atom. The Hall–Kier alpha value is -1.26. The first kappa shape index (κ1) is 20.7. The predicted octanol–water partition coefficient (Wildman–Crippen LogP) is 3.34. The Bertz CT molecular complexity index is 484. The van der Waals surface area contributed by atoms with Crippen molar-refractivity contribution in [2.75, 3.05) is 0 Å². The quantitative estimate of drug-likeness (QED) is 0.841. The van der Waals surface area contributed by atoms with Crippen molar-refractivity contribution in [3.8, 4) is 5.75 Å². The Morgan fingerprint density at radius 2 is 2.00 bits per heavy atom. The topological polar surface area (TPSA) is 64.4 Å². The van der Waals surface area contributed by atoms with Gasteiger partial charge in [0.25, 0.3) is 0 Å². The lowest BCUT2D eigenvalue weighted by atomic mass is 10.1. The molecule has 0 fully saturated rings. The van der Waals surface area contributed by atoms with E-state index in [1.807, 2.05) is 52.8 Å². The molecule has 0 saturated carbocycles. The second kappa shape index (κ2) is 9.01. The number of carbonyl (C=O) groups excluding carboxylic acids is 1. The van der Waals surface area contributed by atoms with Gasteiger partial charge in [0.1, 0.15) is 11.4 Å². The van der Waals surface area contributed by atoms with Gasteiger partial charge in [0.2, 0.25) is 5.91 Å². The predicted molar refractivity (Wildman–Crippen MR) is 93.5 cm³/mol. The number of nitrogens with two attached hydrogens (primary N) is 1. The average Bonchev–Trinajstić information content (AvgIpc) is 2.35. The van der Waals surface area contributed by atoms with Gasteiger partial charge < -0.3 is 15.8 Å². The standard InChI is InChI=1S/C17H28N2O2.ClH/c1-6-7-14(18)16(20)19-11-13-9-8-12(2)10-15(13)21-17(3,4)5;/h8-10,14H,6-7,11,18H2,1-5H3,(H,19,20);1H. The Labute approximate surface area is 140 Å². The third-order valence-corrected chi connectivity index (χ3v) is 3.03. The van der Waals surface area contributed by atoms with Gasteiger partial charge in [0.05, 0.1) is 6.04 Å². The zero-order chi connectivity index (χ0) is 16.0. The largest absolute Gasteiger partial charge is 0.488 e. The fourth-order valence-corrected chi connectivity index (χ4v) is 1.99. The summed E-state index contributed by atoms with van der Waals surface area (Å²) >= 11 is 0. The molecule has 1 amide bonds. The Balaban J connectivity index is 0.00000441. The van der Waals surface area contributed by atoms with Crippen LogP contribution < -0.4 is 15.8 Å². The van der Waals surface area contributed by atoms with E-state index in [0.29, 0.717) is 13.0 Å². The monoisotopic (exact) mass is 328 g/mol. The molecule has 0 aliphatic carbocycles. The summed E-state index contributed by atoms with van der Waals surface area (Å²) in [5.74, 6) is 0.700. The second-order valence-electron chi connectivity index (χ2n) is 6.44. The summed E-state index contributed by atoms with van der Waals surface area (Å²) in [7, 11) is 0. The first-order valence-corrected chi connectivity index (χ1v) is 7.54. The maximum Gasteiger partial charge on any atom is 0.237 e. The van der Waals surface area contributed by atoms with Crippen LogP contribution in [0.25, 0.3) is 0 Å². The zero-order valence-electron chi connectivity index (χ0n) is 14.2. The number of ether oxygens (including phenoxy) is 1. The summed E-state index contributed by atoms with van der Waals surface area (Å²) in [4.78, 5) is 11.9. The van der Waals surface area contributed by atoms with Crippen molar-refractivity contribution in [1.82, 2.24) is 5.32 Å². The molecule has 1 rings (SSSR count). The normalized spacial score (nSPS) is 12.3. The molecule has 0 saturated heterocycles. The van der Waals surface area contributed by atoms with Crippen LogP contribution in [0.3, 0.4) is 0 Å². The molecular formula is C17H29ClN2O2. The Morgan fingerprint density at radius 1 is 1.36 bits per heavy atom.